The van der Waals surface area contributed by atoms with E-state index in [1.165, 1.54) is 0 Å². The number of halogens is 1. The lowest BCUT2D eigenvalue weighted by Crippen LogP contribution is -2.40. The van der Waals surface area contributed by atoms with Crippen molar-refractivity contribution in [3.05, 3.63) is 21.8 Å². The standard InChI is InChI=1S/C14H19BrN2O3/c1-14(2,3)20-13(18)17-6-5-11-9(8-17)7-10(15)12(16-11)19-4/h7H,5-6,8H2,1-4H3. The minimum atomic E-state index is -0.476. The second-order valence-corrected chi connectivity index (χ2v) is 6.59. The fraction of sp³-hybridized carbons (Fsp3) is 0.571. The van der Waals surface area contributed by atoms with Crippen LogP contribution in [0.3, 0.4) is 0 Å². The molecule has 0 N–H and O–H groups in total. The Hall–Kier alpha value is -1.30. The van der Waals surface area contributed by atoms with Crippen LogP contribution >= 0.6 is 15.9 Å². The second kappa shape index (κ2) is 5.60. The summed E-state index contributed by atoms with van der Waals surface area (Å²) >= 11 is 3.42. The van der Waals surface area contributed by atoms with Gasteiger partial charge >= 0.3 is 6.09 Å². The van der Waals surface area contributed by atoms with Crippen LogP contribution in [0.1, 0.15) is 32.0 Å². The maximum absolute atomic E-state index is 12.1. The Balaban J connectivity index is 2.15. The number of pyridine rings is 1. The number of ether oxygens (including phenoxy) is 2. The van der Waals surface area contributed by atoms with Gasteiger partial charge in [-0.05, 0) is 48.3 Å². The summed E-state index contributed by atoms with van der Waals surface area (Å²) in [6.45, 7) is 6.73. The molecule has 1 aromatic heterocycles. The van der Waals surface area contributed by atoms with E-state index in [4.69, 9.17) is 9.47 Å². The molecule has 2 heterocycles. The first-order chi connectivity index (χ1) is 9.30. The minimum Gasteiger partial charge on any atom is -0.480 e. The molecule has 0 spiro atoms. The Morgan fingerprint density at radius 2 is 2.15 bits per heavy atom. The third-order valence-corrected chi connectivity index (χ3v) is 3.51. The molecule has 0 bridgehead atoms. The van der Waals surface area contributed by atoms with Gasteiger partial charge in [0.1, 0.15) is 5.60 Å². The largest absolute Gasteiger partial charge is 0.480 e. The molecule has 6 heteroatoms. The van der Waals surface area contributed by atoms with Crippen LogP contribution in [-0.4, -0.2) is 35.2 Å². The number of carbonyl (C=O) groups excluding carboxylic acids is 1. The smallest absolute Gasteiger partial charge is 0.410 e. The number of hydrogen-bond donors (Lipinski definition) is 0. The first-order valence-electron chi connectivity index (χ1n) is 6.50. The van der Waals surface area contributed by atoms with Crippen molar-refractivity contribution < 1.29 is 14.3 Å². The van der Waals surface area contributed by atoms with Crippen molar-refractivity contribution >= 4 is 22.0 Å². The minimum absolute atomic E-state index is 0.282. The average molecular weight is 343 g/mol. The molecule has 0 saturated carbocycles. The maximum atomic E-state index is 12.1. The highest BCUT2D eigenvalue weighted by Gasteiger charge is 2.27. The lowest BCUT2D eigenvalue weighted by atomic mass is 10.1. The molecule has 2 rings (SSSR count). The molecule has 1 aliphatic rings. The number of methoxy groups -OCH3 is 1. The number of amides is 1. The van der Waals surface area contributed by atoms with E-state index in [9.17, 15) is 4.79 Å². The SMILES string of the molecule is COc1nc2c(cc1Br)CN(C(=O)OC(C)(C)C)CC2. The van der Waals surface area contributed by atoms with Crippen LogP contribution in [0.4, 0.5) is 4.79 Å². The summed E-state index contributed by atoms with van der Waals surface area (Å²) in [4.78, 5) is 18.2. The third kappa shape index (κ3) is 3.42. The first kappa shape index (κ1) is 15.1. The molecule has 0 fully saturated rings. The van der Waals surface area contributed by atoms with Gasteiger partial charge in [0.25, 0.3) is 0 Å². The zero-order valence-electron chi connectivity index (χ0n) is 12.2. The molecular formula is C14H19BrN2O3. The molecule has 0 radical (unpaired) electrons. The Kier molecular flexibility index (Phi) is 4.22. The van der Waals surface area contributed by atoms with Crippen molar-refractivity contribution in [1.82, 2.24) is 9.88 Å². The van der Waals surface area contributed by atoms with Gasteiger partial charge in [0.15, 0.2) is 0 Å². The number of carbonyl (C=O) groups is 1. The fourth-order valence-electron chi connectivity index (χ4n) is 2.05. The average Bonchev–Trinajstić information content (AvgIpc) is 2.35. The molecule has 5 nitrogen and oxygen atoms in total. The summed E-state index contributed by atoms with van der Waals surface area (Å²) in [7, 11) is 1.59. The molecular weight excluding hydrogens is 324 g/mol. The Bertz CT molecular complexity index is 526. The van der Waals surface area contributed by atoms with Crippen molar-refractivity contribution in [2.75, 3.05) is 13.7 Å². The van der Waals surface area contributed by atoms with Gasteiger partial charge in [-0.1, -0.05) is 0 Å². The zero-order chi connectivity index (χ0) is 14.9. The molecule has 0 saturated heterocycles. The van der Waals surface area contributed by atoms with E-state index in [0.29, 0.717) is 25.4 Å². The quantitative estimate of drug-likeness (QED) is 0.786. The number of fused-ring (bicyclic) bond motifs is 1. The predicted octanol–water partition coefficient (Wildman–Crippen LogP) is 3.15. The summed E-state index contributed by atoms with van der Waals surface area (Å²) in [6, 6.07) is 1.96. The monoisotopic (exact) mass is 342 g/mol. The van der Waals surface area contributed by atoms with Crippen molar-refractivity contribution in [3.63, 3.8) is 0 Å². The molecule has 1 aliphatic heterocycles. The highest BCUT2D eigenvalue weighted by atomic mass is 79.9. The van der Waals surface area contributed by atoms with Crippen LogP contribution in [-0.2, 0) is 17.7 Å². The molecule has 1 aromatic rings. The topological polar surface area (TPSA) is 51.7 Å². The summed E-state index contributed by atoms with van der Waals surface area (Å²) in [5.41, 5.74) is 1.52. The highest BCUT2D eigenvalue weighted by molar-refractivity contribution is 9.10. The van der Waals surface area contributed by atoms with E-state index in [0.717, 1.165) is 15.7 Å². The van der Waals surface area contributed by atoms with Crippen molar-refractivity contribution in [3.8, 4) is 5.88 Å². The van der Waals surface area contributed by atoms with Crippen molar-refractivity contribution in [2.24, 2.45) is 0 Å². The number of aromatic nitrogens is 1. The summed E-state index contributed by atoms with van der Waals surface area (Å²) in [5, 5.41) is 0. The van der Waals surface area contributed by atoms with E-state index in [2.05, 4.69) is 20.9 Å². The van der Waals surface area contributed by atoms with Crippen LogP contribution in [0.2, 0.25) is 0 Å². The molecule has 110 valence electrons. The Labute approximate surface area is 127 Å². The molecule has 1 amide bonds. The fourth-order valence-corrected chi connectivity index (χ4v) is 2.58. The second-order valence-electron chi connectivity index (χ2n) is 5.74. The Morgan fingerprint density at radius 1 is 1.45 bits per heavy atom. The molecule has 0 atom stereocenters. The molecule has 0 aromatic carbocycles. The molecule has 0 aliphatic carbocycles. The summed E-state index contributed by atoms with van der Waals surface area (Å²) in [6.07, 6.45) is 0.424. The highest BCUT2D eigenvalue weighted by Crippen LogP contribution is 2.28. The predicted molar refractivity (Wildman–Crippen MR) is 78.8 cm³/mol. The van der Waals surface area contributed by atoms with Gasteiger partial charge in [-0.25, -0.2) is 9.78 Å². The van der Waals surface area contributed by atoms with Crippen LogP contribution in [0.5, 0.6) is 5.88 Å². The van der Waals surface area contributed by atoms with Crippen LogP contribution < -0.4 is 4.74 Å². The third-order valence-electron chi connectivity index (χ3n) is 2.94. The van der Waals surface area contributed by atoms with Crippen LogP contribution in [0.15, 0.2) is 10.5 Å². The summed E-state index contributed by atoms with van der Waals surface area (Å²) in [5.74, 6) is 0.578. The number of hydrogen-bond acceptors (Lipinski definition) is 4. The van der Waals surface area contributed by atoms with Gasteiger partial charge < -0.3 is 14.4 Å². The van der Waals surface area contributed by atoms with Gasteiger partial charge in [0.05, 0.1) is 23.8 Å². The number of rotatable bonds is 1. The summed E-state index contributed by atoms with van der Waals surface area (Å²) < 4.78 is 11.4. The van der Waals surface area contributed by atoms with E-state index in [1.54, 1.807) is 12.0 Å². The lowest BCUT2D eigenvalue weighted by molar-refractivity contribution is 0.0222. The van der Waals surface area contributed by atoms with Crippen LogP contribution in [0.25, 0.3) is 0 Å². The van der Waals surface area contributed by atoms with Crippen molar-refractivity contribution in [1.29, 1.82) is 0 Å². The molecule has 20 heavy (non-hydrogen) atoms. The maximum Gasteiger partial charge on any atom is 0.410 e. The van der Waals surface area contributed by atoms with Gasteiger partial charge in [-0.15, -0.1) is 0 Å². The number of nitrogens with zero attached hydrogens (tertiary/aromatic N) is 2. The zero-order valence-corrected chi connectivity index (χ0v) is 13.8. The van der Waals surface area contributed by atoms with Gasteiger partial charge in [-0.2, -0.15) is 0 Å². The molecule has 0 unspecified atom stereocenters. The van der Waals surface area contributed by atoms with Gasteiger partial charge in [0, 0.05) is 13.0 Å². The van der Waals surface area contributed by atoms with E-state index in [-0.39, 0.29) is 6.09 Å². The Morgan fingerprint density at radius 3 is 2.75 bits per heavy atom. The van der Waals surface area contributed by atoms with Gasteiger partial charge in [0.2, 0.25) is 5.88 Å². The van der Waals surface area contributed by atoms with E-state index >= 15 is 0 Å². The van der Waals surface area contributed by atoms with Crippen LogP contribution in [0, 0.1) is 0 Å². The van der Waals surface area contributed by atoms with E-state index < -0.39 is 5.60 Å². The van der Waals surface area contributed by atoms with Crippen molar-refractivity contribution in [2.45, 2.75) is 39.3 Å². The van der Waals surface area contributed by atoms with E-state index in [1.807, 2.05) is 26.8 Å². The normalized spacial score (nSPS) is 14.8. The van der Waals surface area contributed by atoms with Gasteiger partial charge in [-0.3, -0.25) is 0 Å². The lowest BCUT2D eigenvalue weighted by Gasteiger charge is -2.31. The first-order valence-corrected chi connectivity index (χ1v) is 7.29.